The van der Waals surface area contributed by atoms with Gasteiger partial charge in [-0.15, -0.1) is 0 Å². The highest BCUT2D eigenvalue weighted by Gasteiger charge is 2.20. The summed E-state index contributed by atoms with van der Waals surface area (Å²) in [4.78, 5) is 15.3. The van der Waals surface area contributed by atoms with Crippen molar-refractivity contribution in [1.82, 2.24) is 4.98 Å². The SMILES string of the molecule is NC(=O)c1ccc(NC2CCCc3cc(N)ccc32)nc1. The number of aryl methyl sites for hydroxylation is 1. The molecule has 1 aromatic carbocycles. The highest BCUT2D eigenvalue weighted by molar-refractivity contribution is 5.92. The number of amides is 1. The molecule has 21 heavy (non-hydrogen) atoms. The highest BCUT2D eigenvalue weighted by Crippen LogP contribution is 2.33. The zero-order valence-electron chi connectivity index (χ0n) is 11.7. The molecule has 0 radical (unpaired) electrons. The van der Waals surface area contributed by atoms with Crippen molar-refractivity contribution in [2.75, 3.05) is 11.1 Å². The lowest BCUT2D eigenvalue weighted by atomic mass is 9.87. The van der Waals surface area contributed by atoms with Crippen molar-refractivity contribution in [2.45, 2.75) is 25.3 Å². The third-order valence-corrected chi connectivity index (χ3v) is 3.85. The minimum atomic E-state index is -0.465. The maximum absolute atomic E-state index is 11.0. The molecular formula is C16H18N4O. The van der Waals surface area contributed by atoms with Crippen LogP contribution in [0, 0.1) is 0 Å². The van der Waals surface area contributed by atoms with Crippen LogP contribution < -0.4 is 16.8 Å². The molecule has 5 N–H and O–H groups in total. The van der Waals surface area contributed by atoms with Crippen LogP contribution in [0.1, 0.15) is 40.4 Å². The van der Waals surface area contributed by atoms with Gasteiger partial charge in [0.2, 0.25) is 5.91 Å². The summed E-state index contributed by atoms with van der Waals surface area (Å²) in [5.41, 5.74) is 14.9. The molecule has 3 rings (SSSR count). The van der Waals surface area contributed by atoms with E-state index in [4.69, 9.17) is 11.5 Å². The summed E-state index contributed by atoms with van der Waals surface area (Å²) in [6.45, 7) is 0. The van der Waals surface area contributed by atoms with E-state index >= 15 is 0 Å². The minimum Gasteiger partial charge on any atom is -0.399 e. The van der Waals surface area contributed by atoms with Gasteiger partial charge in [0.25, 0.3) is 0 Å². The normalized spacial score (nSPS) is 17.0. The zero-order valence-corrected chi connectivity index (χ0v) is 11.7. The number of nitrogens with one attached hydrogen (secondary N) is 1. The van der Waals surface area contributed by atoms with Crippen LogP contribution in [-0.2, 0) is 6.42 Å². The number of nitrogen functional groups attached to an aromatic ring is 1. The molecule has 1 aliphatic rings. The van der Waals surface area contributed by atoms with Gasteiger partial charge in [-0.2, -0.15) is 0 Å². The second-order valence-electron chi connectivity index (χ2n) is 5.34. The number of hydrogen-bond acceptors (Lipinski definition) is 4. The first-order valence-electron chi connectivity index (χ1n) is 7.04. The number of benzene rings is 1. The standard InChI is InChI=1S/C16H18N4O/c17-12-5-6-13-10(8-12)2-1-3-14(13)20-15-7-4-11(9-19-15)16(18)21/h4-9,14H,1-3,17H2,(H2,18,21)(H,19,20). The van der Waals surface area contributed by atoms with E-state index in [1.807, 2.05) is 12.1 Å². The number of fused-ring (bicyclic) bond motifs is 1. The number of aromatic nitrogens is 1. The van der Waals surface area contributed by atoms with Gasteiger partial charge in [0.15, 0.2) is 0 Å². The van der Waals surface area contributed by atoms with E-state index in [1.165, 1.54) is 17.3 Å². The monoisotopic (exact) mass is 282 g/mol. The third-order valence-electron chi connectivity index (χ3n) is 3.85. The number of rotatable bonds is 3. The van der Waals surface area contributed by atoms with Crippen molar-refractivity contribution in [1.29, 1.82) is 0 Å². The van der Waals surface area contributed by atoms with Gasteiger partial charge in [-0.3, -0.25) is 4.79 Å². The molecule has 0 saturated carbocycles. The highest BCUT2D eigenvalue weighted by atomic mass is 16.1. The number of carbonyl (C=O) groups is 1. The molecule has 5 heteroatoms. The van der Waals surface area contributed by atoms with E-state index in [9.17, 15) is 4.79 Å². The smallest absolute Gasteiger partial charge is 0.250 e. The van der Waals surface area contributed by atoms with Gasteiger partial charge in [-0.1, -0.05) is 6.07 Å². The van der Waals surface area contributed by atoms with Crippen molar-refractivity contribution in [3.63, 3.8) is 0 Å². The van der Waals surface area contributed by atoms with Crippen LogP contribution in [0.3, 0.4) is 0 Å². The molecule has 0 bridgehead atoms. The Hall–Kier alpha value is -2.56. The molecule has 0 fully saturated rings. The van der Waals surface area contributed by atoms with Crippen molar-refractivity contribution >= 4 is 17.4 Å². The van der Waals surface area contributed by atoms with Crippen LogP contribution >= 0.6 is 0 Å². The molecule has 0 spiro atoms. The largest absolute Gasteiger partial charge is 0.399 e. The number of nitrogens with zero attached hydrogens (tertiary/aromatic N) is 1. The fraction of sp³-hybridized carbons (Fsp3) is 0.250. The van der Waals surface area contributed by atoms with Crippen LogP contribution in [0.5, 0.6) is 0 Å². The molecule has 108 valence electrons. The molecule has 1 unspecified atom stereocenters. The summed E-state index contributed by atoms with van der Waals surface area (Å²) in [5, 5.41) is 3.42. The Morgan fingerprint density at radius 1 is 1.29 bits per heavy atom. The van der Waals surface area contributed by atoms with Crippen LogP contribution in [0.25, 0.3) is 0 Å². The van der Waals surface area contributed by atoms with Gasteiger partial charge in [0.05, 0.1) is 11.6 Å². The average Bonchev–Trinajstić information content (AvgIpc) is 2.47. The zero-order chi connectivity index (χ0) is 14.8. The van der Waals surface area contributed by atoms with Crippen LogP contribution in [-0.4, -0.2) is 10.9 Å². The Bertz CT molecular complexity index is 666. The summed E-state index contributed by atoms with van der Waals surface area (Å²) in [7, 11) is 0. The first kappa shape index (κ1) is 13.4. The molecule has 1 amide bonds. The average molecular weight is 282 g/mol. The summed E-state index contributed by atoms with van der Waals surface area (Å²) in [5.74, 6) is 0.280. The molecule has 1 heterocycles. The molecule has 0 aliphatic heterocycles. The lowest BCUT2D eigenvalue weighted by Gasteiger charge is -2.27. The van der Waals surface area contributed by atoms with E-state index in [0.717, 1.165) is 30.8 Å². The summed E-state index contributed by atoms with van der Waals surface area (Å²) in [6.07, 6.45) is 4.73. The number of anilines is 2. The third kappa shape index (κ3) is 2.81. The maximum atomic E-state index is 11.0. The van der Waals surface area contributed by atoms with Crippen molar-refractivity contribution in [3.8, 4) is 0 Å². The van der Waals surface area contributed by atoms with E-state index in [2.05, 4.69) is 16.4 Å². The summed E-state index contributed by atoms with van der Waals surface area (Å²) >= 11 is 0. The Morgan fingerprint density at radius 3 is 2.86 bits per heavy atom. The Kier molecular flexibility index (Phi) is 3.48. The second kappa shape index (κ2) is 5.44. The first-order valence-corrected chi connectivity index (χ1v) is 7.04. The predicted molar refractivity (Wildman–Crippen MR) is 82.9 cm³/mol. The molecule has 5 nitrogen and oxygen atoms in total. The van der Waals surface area contributed by atoms with Gasteiger partial charge < -0.3 is 16.8 Å². The van der Waals surface area contributed by atoms with Crippen molar-refractivity contribution in [2.24, 2.45) is 5.73 Å². The molecule has 1 atom stereocenters. The molecule has 0 saturated heterocycles. The molecule has 1 aliphatic carbocycles. The summed E-state index contributed by atoms with van der Waals surface area (Å²) < 4.78 is 0. The minimum absolute atomic E-state index is 0.223. The Balaban J connectivity index is 1.81. The summed E-state index contributed by atoms with van der Waals surface area (Å²) in [6, 6.07) is 9.76. The van der Waals surface area contributed by atoms with Crippen LogP contribution in [0.15, 0.2) is 36.5 Å². The van der Waals surface area contributed by atoms with E-state index in [1.54, 1.807) is 12.1 Å². The van der Waals surface area contributed by atoms with E-state index in [0.29, 0.717) is 5.56 Å². The fourth-order valence-corrected chi connectivity index (χ4v) is 2.79. The number of primary amides is 1. The molecular weight excluding hydrogens is 264 g/mol. The fourth-order valence-electron chi connectivity index (χ4n) is 2.79. The van der Waals surface area contributed by atoms with Gasteiger partial charge >= 0.3 is 0 Å². The van der Waals surface area contributed by atoms with Crippen molar-refractivity contribution in [3.05, 3.63) is 53.2 Å². The Labute approximate surface area is 123 Å². The number of nitrogens with two attached hydrogens (primary N) is 2. The van der Waals surface area contributed by atoms with Gasteiger partial charge in [-0.05, 0) is 54.7 Å². The lowest BCUT2D eigenvalue weighted by molar-refractivity contribution is 0.1000. The number of hydrogen-bond donors (Lipinski definition) is 3. The van der Waals surface area contributed by atoms with Crippen molar-refractivity contribution < 1.29 is 4.79 Å². The maximum Gasteiger partial charge on any atom is 0.250 e. The van der Waals surface area contributed by atoms with Gasteiger partial charge in [0, 0.05) is 11.9 Å². The van der Waals surface area contributed by atoms with Gasteiger partial charge in [-0.25, -0.2) is 4.98 Å². The second-order valence-corrected chi connectivity index (χ2v) is 5.34. The van der Waals surface area contributed by atoms with E-state index in [-0.39, 0.29) is 6.04 Å². The molecule has 1 aromatic heterocycles. The van der Waals surface area contributed by atoms with Gasteiger partial charge in [0.1, 0.15) is 5.82 Å². The predicted octanol–water partition coefficient (Wildman–Crippen LogP) is 2.25. The topological polar surface area (TPSA) is 94.0 Å². The van der Waals surface area contributed by atoms with Crippen LogP contribution in [0.2, 0.25) is 0 Å². The number of pyridine rings is 1. The Morgan fingerprint density at radius 2 is 2.14 bits per heavy atom. The molecule has 2 aromatic rings. The lowest BCUT2D eigenvalue weighted by Crippen LogP contribution is -2.18. The first-order chi connectivity index (χ1) is 10.1. The van der Waals surface area contributed by atoms with E-state index < -0.39 is 5.91 Å². The van der Waals surface area contributed by atoms with Crippen LogP contribution in [0.4, 0.5) is 11.5 Å². The number of carbonyl (C=O) groups excluding carboxylic acids is 1. The quantitative estimate of drug-likeness (QED) is 0.753.